The highest BCUT2D eigenvalue weighted by atomic mass is 16.5. The van der Waals surface area contributed by atoms with E-state index in [9.17, 15) is 4.79 Å². The third-order valence-corrected chi connectivity index (χ3v) is 5.13. The van der Waals surface area contributed by atoms with Crippen LogP contribution >= 0.6 is 0 Å². The largest absolute Gasteiger partial charge is 0.359 e. The zero-order valence-corrected chi connectivity index (χ0v) is 13.0. The van der Waals surface area contributed by atoms with Crippen molar-refractivity contribution in [2.45, 2.75) is 51.6 Å². The zero-order valence-electron chi connectivity index (χ0n) is 13.0. The maximum atomic E-state index is 12.7. The molecule has 112 valence electrons. The molecule has 1 saturated carbocycles. The van der Waals surface area contributed by atoms with Crippen LogP contribution in [0.25, 0.3) is 0 Å². The minimum Gasteiger partial charge on any atom is -0.359 e. The summed E-state index contributed by atoms with van der Waals surface area (Å²) in [6, 6.07) is 10.6. The van der Waals surface area contributed by atoms with Gasteiger partial charge in [0.2, 0.25) is 0 Å². The summed E-state index contributed by atoms with van der Waals surface area (Å²) >= 11 is 0. The van der Waals surface area contributed by atoms with E-state index >= 15 is 0 Å². The minimum atomic E-state index is -0.408. The maximum absolute atomic E-state index is 12.7. The number of hydrogen-bond donors (Lipinski definition) is 0. The van der Waals surface area contributed by atoms with E-state index in [1.54, 1.807) is 0 Å². The van der Waals surface area contributed by atoms with Gasteiger partial charge in [0, 0.05) is 11.3 Å². The number of carbonyl (C=O) groups excluding carboxylic acids is 1. The lowest BCUT2D eigenvalue weighted by atomic mass is 9.67. The summed E-state index contributed by atoms with van der Waals surface area (Å²) in [6.45, 7) is 7.84. The molecule has 1 aromatic carbocycles. The molecular formula is C19H24O2. The van der Waals surface area contributed by atoms with E-state index < -0.39 is 5.41 Å². The molecule has 2 saturated heterocycles. The van der Waals surface area contributed by atoms with Crippen molar-refractivity contribution in [2.75, 3.05) is 0 Å². The number of fused-ring (bicyclic) bond motifs is 3. The summed E-state index contributed by atoms with van der Waals surface area (Å²) < 4.78 is 6.14. The average molecular weight is 284 g/mol. The van der Waals surface area contributed by atoms with Crippen LogP contribution in [-0.4, -0.2) is 11.9 Å². The second kappa shape index (κ2) is 5.57. The van der Waals surface area contributed by atoms with Crippen LogP contribution in [0, 0.1) is 24.4 Å². The third kappa shape index (κ3) is 2.66. The Balaban J connectivity index is 1.77. The van der Waals surface area contributed by atoms with Crippen molar-refractivity contribution in [2.24, 2.45) is 11.3 Å². The van der Waals surface area contributed by atoms with Gasteiger partial charge in [0.25, 0.3) is 0 Å². The van der Waals surface area contributed by atoms with Crippen molar-refractivity contribution in [3.05, 3.63) is 48.9 Å². The van der Waals surface area contributed by atoms with E-state index in [0.29, 0.717) is 18.3 Å². The van der Waals surface area contributed by atoms with Gasteiger partial charge in [-0.3, -0.25) is 4.79 Å². The lowest BCUT2D eigenvalue weighted by Crippen LogP contribution is -2.47. The molecule has 3 aliphatic rings. The molecule has 3 atom stereocenters. The van der Waals surface area contributed by atoms with Crippen LogP contribution in [-0.2, 0) is 9.53 Å². The molecule has 3 unspecified atom stereocenters. The summed E-state index contributed by atoms with van der Waals surface area (Å²) in [5.41, 5.74) is 0.935. The molecule has 1 aliphatic carbocycles. The summed E-state index contributed by atoms with van der Waals surface area (Å²) in [5, 5.41) is 0. The monoisotopic (exact) mass is 284 g/mol. The standard InChI is InChI=1S/C19H24O2/c1-4-19(2,3)18(20)17-14-10-11-16(21-17)15(12-14)13-8-6-5-7-9-13/h5-9,14-16H,1,4,10-12H2,2-3H3. The number of ketones is 1. The highest BCUT2D eigenvalue weighted by molar-refractivity contribution is 5.95. The van der Waals surface area contributed by atoms with Gasteiger partial charge in [-0.05, 0) is 37.2 Å². The summed E-state index contributed by atoms with van der Waals surface area (Å²) in [7, 11) is 0. The van der Waals surface area contributed by atoms with E-state index in [1.165, 1.54) is 5.56 Å². The fraction of sp³-hybridized carbons (Fsp3) is 0.526. The van der Waals surface area contributed by atoms with E-state index in [-0.39, 0.29) is 11.9 Å². The highest BCUT2D eigenvalue weighted by Crippen LogP contribution is 2.50. The number of carbonyl (C=O) groups is 1. The van der Waals surface area contributed by atoms with Crippen molar-refractivity contribution >= 4 is 5.78 Å². The SMILES string of the molecule is [CH2]CC(C)(C)C(=O)[C]1OC2CCC1CC2c1ccccc1. The van der Waals surface area contributed by atoms with E-state index in [0.717, 1.165) is 25.4 Å². The molecule has 0 spiro atoms. The molecule has 0 amide bonds. The fourth-order valence-corrected chi connectivity index (χ4v) is 3.52. The molecule has 2 heteroatoms. The number of rotatable bonds is 4. The van der Waals surface area contributed by atoms with Crippen LogP contribution < -0.4 is 0 Å². The van der Waals surface area contributed by atoms with E-state index in [4.69, 9.17) is 4.74 Å². The van der Waals surface area contributed by atoms with Crippen LogP contribution in [0.1, 0.15) is 51.0 Å². The second-order valence-corrected chi connectivity index (χ2v) is 7.01. The van der Waals surface area contributed by atoms with Gasteiger partial charge in [-0.1, -0.05) is 51.1 Å². The van der Waals surface area contributed by atoms with Gasteiger partial charge in [0.15, 0.2) is 11.9 Å². The first kappa shape index (κ1) is 14.8. The molecule has 2 radical (unpaired) electrons. The van der Waals surface area contributed by atoms with Gasteiger partial charge in [-0.2, -0.15) is 0 Å². The van der Waals surface area contributed by atoms with Crippen molar-refractivity contribution in [3.8, 4) is 0 Å². The molecular weight excluding hydrogens is 260 g/mol. The van der Waals surface area contributed by atoms with Gasteiger partial charge in [-0.15, -0.1) is 0 Å². The van der Waals surface area contributed by atoms with Gasteiger partial charge < -0.3 is 4.74 Å². The summed E-state index contributed by atoms with van der Waals surface area (Å²) in [6.07, 6.45) is 4.69. The van der Waals surface area contributed by atoms with Crippen LogP contribution in [0.15, 0.2) is 30.3 Å². The quantitative estimate of drug-likeness (QED) is 0.823. The normalized spacial score (nSPS) is 29.6. The molecule has 21 heavy (non-hydrogen) atoms. The van der Waals surface area contributed by atoms with E-state index in [2.05, 4.69) is 31.2 Å². The minimum absolute atomic E-state index is 0.164. The Bertz CT molecular complexity index is 506. The molecule has 3 fully saturated rings. The van der Waals surface area contributed by atoms with Crippen LogP contribution in [0.5, 0.6) is 0 Å². The first-order valence-corrected chi connectivity index (χ1v) is 7.95. The van der Waals surface area contributed by atoms with Crippen molar-refractivity contribution in [1.29, 1.82) is 0 Å². The Kier molecular flexibility index (Phi) is 3.92. The van der Waals surface area contributed by atoms with Gasteiger partial charge >= 0.3 is 0 Å². The summed E-state index contributed by atoms with van der Waals surface area (Å²) in [4.78, 5) is 12.7. The predicted octanol–water partition coefficient (Wildman–Crippen LogP) is 4.32. The molecule has 0 N–H and O–H groups in total. The second-order valence-electron chi connectivity index (χ2n) is 7.01. The Morgan fingerprint density at radius 2 is 2.00 bits per heavy atom. The van der Waals surface area contributed by atoms with Gasteiger partial charge in [-0.25, -0.2) is 0 Å². The van der Waals surface area contributed by atoms with Crippen LogP contribution in [0.4, 0.5) is 0 Å². The highest BCUT2D eigenvalue weighted by Gasteiger charge is 2.49. The topological polar surface area (TPSA) is 26.3 Å². The Labute approximate surface area is 127 Å². The summed E-state index contributed by atoms with van der Waals surface area (Å²) in [5.74, 6) is 0.890. The first-order valence-electron chi connectivity index (χ1n) is 7.95. The van der Waals surface area contributed by atoms with Gasteiger partial charge in [0.1, 0.15) is 0 Å². The molecule has 0 aromatic heterocycles. The van der Waals surface area contributed by atoms with Crippen LogP contribution in [0.3, 0.4) is 0 Å². The molecule has 2 bridgehead atoms. The van der Waals surface area contributed by atoms with Crippen molar-refractivity contribution < 1.29 is 9.53 Å². The lowest BCUT2D eigenvalue weighted by Gasteiger charge is -2.47. The van der Waals surface area contributed by atoms with Crippen molar-refractivity contribution in [1.82, 2.24) is 0 Å². The lowest BCUT2D eigenvalue weighted by molar-refractivity contribution is -0.145. The smallest absolute Gasteiger partial charge is 0.173 e. The van der Waals surface area contributed by atoms with Gasteiger partial charge in [0.05, 0.1) is 6.10 Å². The molecule has 2 heterocycles. The molecule has 1 aromatic rings. The zero-order chi connectivity index (χ0) is 15.0. The Morgan fingerprint density at radius 3 is 2.57 bits per heavy atom. The van der Waals surface area contributed by atoms with E-state index in [1.807, 2.05) is 19.9 Å². The molecule has 2 nitrogen and oxygen atoms in total. The first-order chi connectivity index (χ1) is 10.0. The molecule has 4 rings (SSSR count). The Hall–Kier alpha value is -1.15. The van der Waals surface area contributed by atoms with Crippen molar-refractivity contribution in [3.63, 3.8) is 0 Å². The van der Waals surface area contributed by atoms with Crippen LogP contribution in [0.2, 0.25) is 0 Å². The predicted molar refractivity (Wildman–Crippen MR) is 83.4 cm³/mol. The maximum Gasteiger partial charge on any atom is 0.173 e. The fourth-order valence-electron chi connectivity index (χ4n) is 3.52. The molecule has 2 aliphatic heterocycles. The third-order valence-electron chi connectivity index (χ3n) is 5.13. The number of benzene rings is 1. The Morgan fingerprint density at radius 1 is 1.29 bits per heavy atom. The number of ether oxygens (including phenoxy) is 1. The number of hydrogen-bond acceptors (Lipinski definition) is 2. The number of Topliss-reactive ketones (excluding diaryl/α,β-unsaturated/α-hetero) is 1. The average Bonchev–Trinajstić information content (AvgIpc) is 2.55.